The molecule has 0 aromatic heterocycles. The first kappa shape index (κ1) is 15.8. The maximum atomic E-state index is 12.9. The van der Waals surface area contributed by atoms with Gasteiger partial charge in [0.1, 0.15) is 11.9 Å². The minimum atomic E-state index is -1.03. The summed E-state index contributed by atoms with van der Waals surface area (Å²) in [6.07, 6.45) is 4.23. The molecule has 0 radical (unpaired) electrons. The van der Waals surface area contributed by atoms with Gasteiger partial charge in [0.05, 0.1) is 16.0 Å². The molecule has 2 aromatic carbocycles. The van der Waals surface area contributed by atoms with E-state index in [0.29, 0.717) is 0 Å². The molecule has 0 aliphatic heterocycles. The highest BCUT2D eigenvalue weighted by molar-refractivity contribution is 9.10. The van der Waals surface area contributed by atoms with Crippen LogP contribution in [0.2, 0.25) is 0 Å². The topological polar surface area (TPSA) is 26.3 Å². The van der Waals surface area contributed by atoms with Crippen LogP contribution in [0.4, 0.5) is 0 Å². The molecule has 3 unspecified atom stereocenters. The van der Waals surface area contributed by atoms with Crippen LogP contribution in [0.1, 0.15) is 25.7 Å². The predicted octanol–water partition coefficient (Wildman–Crippen LogP) is 4.95. The van der Waals surface area contributed by atoms with E-state index < -0.39 is 10.8 Å². The summed E-state index contributed by atoms with van der Waals surface area (Å²) in [5, 5.41) is 0.0649. The van der Waals surface area contributed by atoms with Gasteiger partial charge in [0.25, 0.3) is 0 Å². The Hall–Kier alpha value is -1.13. The summed E-state index contributed by atoms with van der Waals surface area (Å²) in [5.74, 6) is 0.868. The Labute approximate surface area is 142 Å². The molecule has 0 heterocycles. The number of hydrogen-bond acceptors (Lipinski definition) is 2. The monoisotopic (exact) mass is 378 g/mol. The fraction of sp³-hybridized carbons (Fsp3) is 0.333. The molecule has 3 rings (SSSR count). The van der Waals surface area contributed by atoms with E-state index in [2.05, 4.69) is 15.9 Å². The molecule has 0 amide bonds. The van der Waals surface area contributed by atoms with Gasteiger partial charge in [-0.15, -0.1) is 0 Å². The summed E-state index contributed by atoms with van der Waals surface area (Å²) >= 11 is 3.42. The van der Waals surface area contributed by atoms with Crippen molar-refractivity contribution in [3.63, 3.8) is 0 Å². The summed E-state index contributed by atoms with van der Waals surface area (Å²) < 4.78 is 20.1. The molecular formula is C18H19BrO2S. The molecule has 3 atom stereocenters. The molecule has 1 fully saturated rings. The van der Waals surface area contributed by atoms with Gasteiger partial charge in [0, 0.05) is 9.37 Å². The van der Waals surface area contributed by atoms with Crippen molar-refractivity contribution < 1.29 is 8.95 Å². The quantitative estimate of drug-likeness (QED) is 0.752. The second-order valence-electron chi connectivity index (χ2n) is 5.54. The van der Waals surface area contributed by atoms with Crippen molar-refractivity contribution in [1.29, 1.82) is 0 Å². The van der Waals surface area contributed by atoms with Crippen LogP contribution < -0.4 is 4.74 Å². The molecular weight excluding hydrogens is 360 g/mol. The van der Waals surface area contributed by atoms with Gasteiger partial charge in [0.15, 0.2) is 0 Å². The molecule has 0 saturated heterocycles. The average molecular weight is 379 g/mol. The number of hydrogen-bond donors (Lipinski definition) is 0. The zero-order chi connectivity index (χ0) is 15.4. The van der Waals surface area contributed by atoms with Crippen molar-refractivity contribution in [2.75, 3.05) is 0 Å². The van der Waals surface area contributed by atoms with Crippen LogP contribution in [0, 0.1) is 0 Å². The van der Waals surface area contributed by atoms with E-state index in [0.717, 1.165) is 40.8 Å². The third kappa shape index (κ3) is 3.79. The van der Waals surface area contributed by atoms with Crippen LogP contribution in [-0.4, -0.2) is 15.6 Å². The highest BCUT2D eigenvalue weighted by atomic mass is 79.9. The summed E-state index contributed by atoms with van der Waals surface area (Å²) in [6, 6.07) is 17.6. The van der Waals surface area contributed by atoms with Crippen molar-refractivity contribution in [2.45, 2.75) is 41.9 Å². The minimum absolute atomic E-state index is 0.0284. The Bertz CT molecular complexity index is 627. The van der Waals surface area contributed by atoms with Gasteiger partial charge in [-0.3, -0.25) is 4.21 Å². The first-order valence-electron chi connectivity index (χ1n) is 7.62. The molecule has 116 valence electrons. The molecule has 0 spiro atoms. The van der Waals surface area contributed by atoms with E-state index in [-0.39, 0.29) is 11.4 Å². The third-order valence-corrected chi connectivity index (χ3v) is 6.35. The van der Waals surface area contributed by atoms with E-state index in [4.69, 9.17) is 4.74 Å². The third-order valence-electron chi connectivity index (χ3n) is 3.99. The number of benzene rings is 2. The lowest BCUT2D eigenvalue weighted by Crippen LogP contribution is -2.38. The Kier molecular flexibility index (Phi) is 5.32. The SMILES string of the molecule is O=S(c1ccc(Br)cc1)C1CCCCC1Oc1ccccc1. The van der Waals surface area contributed by atoms with Crippen LogP contribution in [0.3, 0.4) is 0 Å². The van der Waals surface area contributed by atoms with E-state index >= 15 is 0 Å². The standard InChI is InChI=1S/C18H19BrO2S/c19-14-10-12-16(13-11-14)22(20)18-9-5-4-8-17(18)21-15-6-2-1-3-7-15/h1-3,6-7,10-13,17-18H,4-5,8-9H2. The molecule has 0 N–H and O–H groups in total. The first-order valence-corrected chi connectivity index (χ1v) is 9.62. The predicted molar refractivity (Wildman–Crippen MR) is 93.7 cm³/mol. The van der Waals surface area contributed by atoms with Gasteiger partial charge in [-0.05, 0) is 55.7 Å². The van der Waals surface area contributed by atoms with Gasteiger partial charge >= 0.3 is 0 Å². The minimum Gasteiger partial charge on any atom is -0.489 e. The van der Waals surface area contributed by atoms with Gasteiger partial charge in [-0.25, -0.2) is 0 Å². The number of ether oxygens (including phenoxy) is 1. The lowest BCUT2D eigenvalue weighted by Gasteiger charge is -2.31. The van der Waals surface area contributed by atoms with Crippen LogP contribution in [0.5, 0.6) is 5.75 Å². The molecule has 1 aliphatic carbocycles. The first-order chi connectivity index (χ1) is 10.7. The maximum Gasteiger partial charge on any atom is 0.119 e. The van der Waals surface area contributed by atoms with Gasteiger partial charge in [0.2, 0.25) is 0 Å². The molecule has 4 heteroatoms. The van der Waals surface area contributed by atoms with E-state index in [9.17, 15) is 4.21 Å². The molecule has 22 heavy (non-hydrogen) atoms. The second kappa shape index (κ2) is 7.42. The fourth-order valence-electron chi connectivity index (χ4n) is 2.86. The van der Waals surface area contributed by atoms with Crippen LogP contribution in [0.15, 0.2) is 64.0 Å². The van der Waals surface area contributed by atoms with Crippen LogP contribution in [-0.2, 0) is 10.8 Å². The van der Waals surface area contributed by atoms with Crippen molar-refractivity contribution >= 4 is 26.7 Å². The van der Waals surface area contributed by atoms with Crippen LogP contribution >= 0.6 is 15.9 Å². The number of rotatable bonds is 4. The van der Waals surface area contributed by atoms with Gasteiger partial charge < -0.3 is 4.74 Å². The lowest BCUT2D eigenvalue weighted by molar-refractivity contribution is 0.160. The van der Waals surface area contributed by atoms with Crippen LogP contribution in [0.25, 0.3) is 0 Å². The summed E-state index contributed by atoms with van der Waals surface area (Å²) in [5.41, 5.74) is 0. The molecule has 1 aliphatic rings. The largest absolute Gasteiger partial charge is 0.489 e. The van der Waals surface area contributed by atoms with Gasteiger partial charge in [-0.2, -0.15) is 0 Å². The summed E-state index contributed by atoms with van der Waals surface area (Å²) in [6.45, 7) is 0. The summed E-state index contributed by atoms with van der Waals surface area (Å²) in [7, 11) is -1.03. The Morgan fingerprint density at radius 3 is 2.36 bits per heavy atom. The Balaban J connectivity index is 1.77. The van der Waals surface area contributed by atoms with Crippen molar-refractivity contribution in [3.8, 4) is 5.75 Å². The van der Waals surface area contributed by atoms with E-state index in [1.165, 1.54) is 0 Å². The zero-order valence-corrected chi connectivity index (χ0v) is 14.7. The fourth-order valence-corrected chi connectivity index (χ4v) is 4.73. The number of halogens is 1. The molecule has 1 saturated carbocycles. The molecule has 2 aromatic rings. The molecule has 2 nitrogen and oxygen atoms in total. The Morgan fingerprint density at radius 1 is 0.955 bits per heavy atom. The van der Waals surface area contributed by atoms with E-state index in [1.807, 2.05) is 54.6 Å². The van der Waals surface area contributed by atoms with Crippen molar-refractivity contribution in [2.24, 2.45) is 0 Å². The highest BCUT2D eigenvalue weighted by Gasteiger charge is 2.32. The summed E-state index contributed by atoms with van der Waals surface area (Å²) in [4.78, 5) is 0.886. The maximum absolute atomic E-state index is 12.9. The second-order valence-corrected chi connectivity index (χ2v) is 8.13. The molecule has 0 bridgehead atoms. The zero-order valence-electron chi connectivity index (χ0n) is 12.3. The van der Waals surface area contributed by atoms with Crippen molar-refractivity contribution in [1.82, 2.24) is 0 Å². The van der Waals surface area contributed by atoms with Crippen molar-refractivity contribution in [3.05, 3.63) is 59.1 Å². The normalized spacial score (nSPS) is 23.0. The van der Waals surface area contributed by atoms with E-state index in [1.54, 1.807) is 0 Å². The van der Waals surface area contributed by atoms with Gasteiger partial charge in [-0.1, -0.05) is 40.5 Å². The average Bonchev–Trinajstić information content (AvgIpc) is 2.56. The highest BCUT2D eigenvalue weighted by Crippen LogP contribution is 2.30. The number of para-hydroxylation sites is 1. The lowest BCUT2D eigenvalue weighted by atomic mass is 9.97. The smallest absolute Gasteiger partial charge is 0.119 e. The Morgan fingerprint density at radius 2 is 1.64 bits per heavy atom.